The standard InChI is InChI=1S/C24H42N2O4/c1-23(2,3)26-15-20(16-26)29-12-9-21(27)17-7-10-25(11-8-17)22(28)18-13-19(14-18)30-24(4,5)6/h17-20H,7-16H2,1-6H3. The highest BCUT2D eigenvalue weighted by molar-refractivity contribution is 5.82. The van der Waals surface area contributed by atoms with Crippen molar-refractivity contribution in [2.45, 2.75) is 97.0 Å². The van der Waals surface area contributed by atoms with Crippen LogP contribution in [0.1, 0.15) is 73.6 Å². The Morgan fingerprint density at radius 1 is 0.900 bits per heavy atom. The molecular weight excluding hydrogens is 380 g/mol. The Kier molecular flexibility index (Phi) is 7.30. The first-order valence-corrected chi connectivity index (χ1v) is 11.8. The van der Waals surface area contributed by atoms with E-state index in [4.69, 9.17) is 9.47 Å². The highest BCUT2D eigenvalue weighted by Gasteiger charge is 2.40. The third-order valence-corrected chi connectivity index (χ3v) is 6.72. The molecule has 0 bridgehead atoms. The van der Waals surface area contributed by atoms with E-state index in [9.17, 15) is 9.59 Å². The first-order chi connectivity index (χ1) is 13.9. The molecule has 0 aromatic carbocycles. The van der Waals surface area contributed by atoms with Gasteiger partial charge >= 0.3 is 0 Å². The lowest BCUT2D eigenvalue weighted by atomic mass is 9.80. The molecule has 3 fully saturated rings. The van der Waals surface area contributed by atoms with Gasteiger partial charge in [-0.05, 0) is 67.2 Å². The molecule has 0 spiro atoms. The van der Waals surface area contributed by atoms with Gasteiger partial charge in [-0.3, -0.25) is 14.5 Å². The molecule has 2 heterocycles. The summed E-state index contributed by atoms with van der Waals surface area (Å²) in [5.41, 5.74) is 0.0484. The van der Waals surface area contributed by atoms with Crippen molar-refractivity contribution < 1.29 is 19.1 Å². The van der Waals surface area contributed by atoms with Gasteiger partial charge in [0.2, 0.25) is 5.91 Å². The van der Waals surface area contributed by atoms with Crippen molar-refractivity contribution in [3.63, 3.8) is 0 Å². The molecule has 0 atom stereocenters. The van der Waals surface area contributed by atoms with Crippen LogP contribution in [0.3, 0.4) is 0 Å². The van der Waals surface area contributed by atoms with Crippen LogP contribution in [0.2, 0.25) is 0 Å². The first kappa shape index (κ1) is 23.7. The third-order valence-electron chi connectivity index (χ3n) is 6.72. The monoisotopic (exact) mass is 422 g/mol. The number of nitrogens with zero attached hydrogens (tertiary/aromatic N) is 2. The smallest absolute Gasteiger partial charge is 0.225 e. The van der Waals surface area contributed by atoms with Crippen LogP contribution in [0.15, 0.2) is 0 Å². The highest BCUT2D eigenvalue weighted by Crippen LogP contribution is 2.35. The summed E-state index contributed by atoms with van der Waals surface area (Å²) in [7, 11) is 0. The number of amides is 1. The van der Waals surface area contributed by atoms with Crippen molar-refractivity contribution in [3.05, 3.63) is 0 Å². The second-order valence-corrected chi connectivity index (χ2v) is 11.4. The van der Waals surface area contributed by atoms with Gasteiger partial charge in [0.05, 0.1) is 24.4 Å². The maximum absolute atomic E-state index is 12.7. The summed E-state index contributed by atoms with van der Waals surface area (Å²) in [6.45, 7) is 16.7. The molecule has 2 aliphatic heterocycles. The van der Waals surface area contributed by atoms with Gasteiger partial charge in [-0.15, -0.1) is 0 Å². The molecule has 0 radical (unpaired) electrons. The van der Waals surface area contributed by atoms with Gasteiger partial charge < -0.3 is 14.4 Å². The Labute approximate surface area is 182 Å². The molecule has 3 aliphatic rings. The van der Waals surface area contributed by atoms with Gasteiger partial charge in [-0.1, -0.05) is 0 Å². The predicted molar refractivity (Wildman–Crippen MR) is 117 cm³/mol. The van der Waals surface area contributed by atoms with Crippen LogP contribution >= 0.6 is 0 Å². The fraction of sp³-hybridized carbons (Fsp3) is 0.917. The predicted octanol–water partition coefficient (Wildman–Crippen LogP) is 3.28. The minimum Gasteiger partial charge on any atom is -0.375 e. The van der Waals surface area contributed by atoms with E-state index >= 15 is 0 Å². The Hall–Kier alpha value is -0.980. The van der Waals surface area contributed by atoms with Gasteiger partial charge in [0.25, 0.3) is 0 Å². The Balaban J connectivity index is 1.28. The maximum Gasteiger partial charge on any atom is 0.225 e. The molecule has 1 amide bonds. The van der Waals surface area contributed by atoms with E-state index < -0.39 is 0 Å². The number of carbonyl (C=O) groups excluding carboxylic acids is 2. The largest absolute Gasteiger partial charge is 0.375 e. The number of hydrogen-bond acceptors (Lipinski definition) is 5. The van der Waals surface area contributed by atoms with Crippen LogP contribution in [0.25, 0.3) is 0 Å². The summed E-state index contributed by atoms with van der Waals surface area (Å²) >= 11 is 0. The van der Waals surface area contributed by atoms with E-state index in [1.807, 2.05) is 4.90 Å². The van der Waals surface area contributed by atoms with Crippen LogP contribution in [-0.2, 0) is 19.1 Å². The molecular formula is C24H42N2O4. The fourth-order valence-corrected chi connectivity index (χ4v) is 4.67. The third kappa shape index (κ3) is 6.27. The highest BCUT2D eigenvalue weighted by atomic mass is 16.5. The molecule has 2 saturated heterocycles. The van der Waals surface area contributed by atoms with Crippen LogP contribution in [0.5, 0.6) is 0 Å². The zero-order valence-electron chi connectivity index (χ0n) is 19.9. The molecule has 1 aliphatic carbocycles. The molecule has 0 unspecified atom stereocenters. The normalized spacial score (nSPS) is 26.9. The molecule has 6 heteroatoms. The van der Waals surface area contributed by atoms with E-state index in [0.717, 1.165) is 38.8 Å². The molecule has 0 aromatic rings. The van der Waals surface area contributed by atoms with Crippen LogP contribution in [0.4, 0.5) is 0 Å². The topological polar surface area (TPSA) is 59.1 Å². The summed E-state index contributed by atoms with van der Waals surface area (Å²) in [4.78, 5) is 29.6. The number of Topliss-reactive ketones (excluding diaryl/α,β-unsaturated/α-hetero) is 1. The van der Waals surface area contributed by atoms with Crippen molar-refractivity contribution in [2.24, 2.45) is 11.8 Å². The summed E-state index contributed by atoms with van der Waals surface area (Å²) in [5, 5.41) is 0. The minimum absolute atomic E-state index is 0.0866. The van der Waals surface area contributed by atoms with Crippen molar-refractivity contribution in [2.75, 3.05) is 32.8 Å². The molecule has 0 aromatic heterocycles. The van der Waals surface area contributed by atoms with E-state index in [1.54, 1.807) is 0 Å². The summed E-state index contributed by atoms with van der Waals surface area (Å²) in [6.07, 6.45) is 4.23. The van der Waals surface area contributed by atoms with E-state index in [1.165, 1.54) is 0 Å². The number of hydrogen-bond donors (Lipinski definition) is 0. The average molecular weight is 423 g/mol. The number of ether oxygens (including phenoxy) is 2. The molecule has 172 valence electrons. The Morgan fingerprint density at radius 2 is 1.50 bits per heavy atom. The van der Waals surface area contributed by atoms with Crippen molar-refractivity contribution in [1.29, 1.82) is 0 Å². The quantitative estimate of drug-likeness (QED) is 0.630. The van der Waals surface area contributed by atoms with E-state index in [-0.39, 0.29) is 41.1 Å². The zero-order valence-corrected chi connectivity index (χ0v) is 19.9. The van der Waals surface area contributed by atoms with Crippen molar-refractivity contribution in [3.8, 4) is 0 Å². The fourth-order valence-electron chi connectivity index (χ4n) is 4.67. The zero-order chi connectivity index (χ0) is 22.1. The van der Waals surface area contributed by atoms with Gasteiger partial charge in [-0.2, -0.15) is 0 Å². The van der Waals surface area contributed by atoms with Crippen LogP contribution in [0, 0.1) is 11.8 Å². The number of carbonyl (C=O) groups is 2. The maximum atomic E-state index is 12.7. The molecule has 6 nitrogen and oxygen atoms in total. The SMILES string of the molecule is CC(C)(C)OC1CC(C(=O)N2CCC(C(=O)CCOC3CN(C(C)(C)C)C3)CC2)C1. The minimum atomic E-state index is -0.147. The second kappa shape index (κ2) is 9.25. The summed E-state index contributed by atoms with van der Waals surface area (Å²) in [5.74, 6) is 0.749. The lowest BCUT2D eigenvalue weighted by Crippen LogP contribution is -2.59. The van der Waals surface area contributed by atoms with Gasteiger partial charge in [0, 0.05) is 50.0 Å². The lowest BCUT2D eigenvalue weighted by Gasteiger charge is -2.47. The first-order valence-electron chi connectivity index (χ1n) is 11.8. The second-order valence-electron chi connectivity index (χ2n) is 11.4. The average Bonchev–Trinajstić information content (AvgIpc) is 2.57. The van der Waals surface area contributed by atoms with Crippen molar-refractivity contribution >= 4 is 11.7 Å². The Morgan fingerprint density at radius 3 is 2.03 bits per heavy atom. The summed E-state index contributed by atoms with van der Waals surface area (Å²) in [6, 6.07) is 0. The van der Waals surface area contributed by atoms with Gasteiger partial charge in [-0.25, -0.2) is 0 Å². The number of likely N-dealkylation sites (tertiary alicyclic amines) is 2. The van der Waals surface area contributed by atoms with E-state index in [0.29, 0.717) is 31.9 Å². The van der Waals surface area contributed by atoms with Gasteiger partial charge in [0.15, 0.2) is 0 Å². The molecule has 3 rings (SSSR count). The summed E-state index contributed by atoms with van der Waals surface area (Å²) < 4.78 is 11.8. The molecule has 30 heavy (non-hydrogen) atoms. The number of piperidine rings is 1. The van der Waals surface area contributed by atoms with Crippen LogP contribution in [-0.4, -0.2) is 77.6 Å². The number of rotatable bonds is 7. The van der Waals surface area contributed by atoms with Crippen molar-refractivity contribution in [1.82, 2.24) is 9.80 Å². The molecule has 0 N–H and O–H groups in total. The van der Waals surface area contributed by atoms with Crippen LogP contribution < -0.4 is 0 Å². The molecule has 1 saturated carbocycles. The van der Waals surface area contributed by atoms with E-state index in [2.05, 4.69) is 46.4 Å². The number of ketones is 1. The van der Waals surface area contributed by atoms with Gasteiger partial charge in [0.1, 0.15) is 5.78 Å². The lowest BCUT2D eigenvalue weighted by molar-refractivity contribution is -0.155. The Bertz CT molecular complexity index is 602.